The molecule has 0 aliphatic heterocycles. The lowest BCUT2D eigenvalue weighted by Crippen LogP contribution is -2.05. The number of ether oxygens (including phenoxy) is 1. The Kier molecular flexibility index (Phi) is 2.64. The van der Waals surface area contributed by atoms with Gasteiger partial charge in [0.15, 0.2) is 5.69 Å². The van der Waals surface area contributed by atoms with Gasteiger partial charge >= 0.3 is 5.97 Å². The van der Waals surface area contributed by atoms with Gasteiger partial charge < -0.3 is 4.74 Å². The van der Waals surface area contributed by atoms with E-state index in [1.54, 1.807) is 6.07 Å². The minimum Gasteiger partial charge on any atom is -0.464 e. The molecule has 0 fully saturated rings. The lowest BCUT2D eigenvalue weighted by molar-refractivity contribution is 0.0593. The number of carbonyl (C=O) groups is 1. The molecule has 1 aromatic carbocycles. The van der Waals surface area contributed by atoms with Crippen LogP contribution >= 0.6 is 15.9 Å². The van der Waals surface area contributed by atoms with Gasteiger partial charge in [0.05, 0.1) is 7.11 Å². The van der Waals surface area contributed by atoms with Gasteiger partial charge in [-0.3, -0.25) is 0 Å². The highest BCUT2D eigenvalue weighted by molar-refractivity contribution is 9.10. The summed E-state index contributed by atoms with van der Waals surface area (Å²) in [5, 5.41) is 8.58. The quantitative estimate of drug-likeness (QED) is 0.743. The molecule has 0 saturated carbocycles. The van der Waals surface area contributed by atoms with Crippen molar-refractivity contribution in [1.82, 2.24) is 10.2 Å². The van der Waals surface area contributed by atoms with Crippen LogP contribution in [0.1, 0.15) is 10.5 Å². The Hall–Kier alpha value is -1.49. The zero-order valence-corrected chi connectivity index (χ0v) is 9.48. The molecular weight excluding hydrogens is 260 g/mol. The average Bonchev–Trinajstić information content (AvgIpc) is 2.28. The Morgan fingerprint density at radius 2 is 2.20 bits per heavy atom. The number of aromatic nitrogens is 2. The molecule has 76 valence electrons. The summed E-state index contributed by atoms with van der Waals surface area (Å²) in [7, 11) is 1.31. The molecule has 0 N–H and O–H groups in total. The number of hydrogen-bond acceptors (Lipinski definition) is 4. The summed E-state index contributed by atoms with van der Waals surface area (Å²) in [6, 6.07) is 7.25. The monoisotopic (exact) mass is 266 g/mol. The van der Waals surface area contributed by atoms with Crippen LogP contribution in [0.3, 0.4) is 0 Å². The van der Waals surface area contributed by atoms with Crippen LogP contribution in [-0.2, 0) is 4.74 Å². The second kappa shape index (κ2) is 3.94. The van der Waals surface area contributed by atoms with Crippen LogP contribution in [0.2, 0.25) is 0 Å². The summed E-state index contributed by atoms with van der Waals surface area (Å²) in [4.78, 5) is 11.2. The summed E-state index contributed by atoms with van der Waals surface area (Å²) in [6.07, 6.45) is 0. The summed E-state index contributed by atoms with van der Waals surface area (Å²) in [5.74, 6) is -0.482. The van der Waals surface area contributed by atoms with Crippen LogP contribution in [0.25, 0.3) is 10.9 Å². The van der Waals surface area contributed by atoms with E-state index < -0.39 is 5.97 Å². The first-order valence-electron chi connectivity index (χ1n) is 4.22. The van der Waals surface area contributed by atoms with Crippen LogP contribution in [-0.4, -0.2) is 23.3 Å². The Balaban J connectivity index is 2.62. The lowest BCUT2D eigenvalue weighted by atomic mass is 10.2. The van der Waals surface area contributed by atoms with Crippen LogP contribution in [0, 0.1) is 0 Å². The van der Waals surface area contributed by atoms with Gasteiger partial charge in [-0.05, 0) is 28.1 Å². The molecule has 0 spiro atoms. The van der Waals surface area contributed by atoms with E-state index in [0.717, 1.165) is 15.4 Å². The molecule has 0 saturated heterocycles. The largest absolute Gasteiger partial charge is 0.464 e. The molecular formula is C10H7BrN2O2. The van der Waals surface area contributed by atoms with Crippen LogP contribution in [0.15, 0.2) is 28.7 Å². The van der Waals surface area contributed by atoms with E-state index in [1.165, 1.54) is 7.11 Å². The second-order valence-electron chi connectivity index (χ2n) is 2.90. The highest BCUT2D eigenvalue weighted by atomic mass is 79.9. The number of methoxy groups -OCH3 is 1. The molecule has 2 rings (SSSR count). The molecule has 0 radical (unpaired) electrons. The molecule has 1 aromatic heterocycles. The first-order chi connectivity index (χ1) is 7.22. The minimum atomic E-state index is -0.482. The van der Waals surface area contributed by atoms with E-state index >= 15 is 0 Å². The molecule has 0 aliphatic rings. The third-order valence-corrected chi connectivity index (χ3v) is 2.60. The SMILES string of the molecule is COC(=O)c1cc2cccc(Br)c2nn1. The lowest BCUT2D eigenvalue weighted by Gasteiger charge is -2.01. The molecule has 5 heteroatoms. The highest BCUT2D eigenvalue weighted by Gasteiger charge is 2.09. The fraction of sp³-hybridized carbons (Fsp3) is 0.100. The molecule has 0 atom stereocenters. The third-order valence-electron chi connectivity index (χ3n) is 1.96. The van der Waals surface area contributed by atoms with Gasteiger partial charge in [0, 0.05) is 9.86 Å². The second-order valence-corrected chi connectivity index (χ2v) is 3.75. The fourth-order valence-electron chi connectivity index (χ4n) is 1.24. The maximum atomic E-state index is 11.2. The Labute approximate surface area is 94.4 Å². The smallest absolute Gasteiger partial charge is 0.358 e. The first-order valence-corrected chi connectivity index (χ1v) is 5.02. The maximum absolute atomic E-state index is 11.2. The predicted octanol–water partition coefficient (Wildman–Crippen LogP) is 2.18. The van der Waals surface area contributed by atoms with Crippen molar-refractivity contribution >= 4 is 32.8 Å². The van der Waals surface area contributed by atoms with Crippen molar-refractivity contribution in [3.8, 4) is 0 Å². The topological polar surface area (TPSA) is 52.1 Å². The van der Waals surface area contributed by atoms with E-state index in [0.29, 0.717) is 0 Å². The number of hydrogen-bond donors (Lipinski definition) is 0. The van der Waals surface area contributed by atoms with Crippen molar-refractivity contribution in [3.05, 3.63) is 34.4 Å². The number of rotatable bonds is 1. The van der Waals surface area contributed by atoms with E-state index in [-0.39, 0.29) is 5.69 Å². The van der Waals surface area contributed by atoms with Crippen LogP contribution in [0.5, 0.6) is 0 Å². The van der Waals surface area contributed by atoms with Gasteiger partial charge in [-0.25, -0.2) is 4.79 Å². The van der Waals surface area contributed by atoms with Gasteiger partial charge in [0.1, 0.15) is 5.52 Å². The summed E-state index contributed by atoms with van der Waals surface area (Å²) < 4.78 is 5.41. The molecule has 0 amide bonds. The molecule has 0 aliphatic carbocycles. The van der Waals surface area contributed by atoms with Crippen LogP contribution < -0.4 is 0 Å². The van der Waals surface area contributed by atoms with Crippen molar-refractivity contribution in [3.63, 3.8) is 0 Å². The Morgan fingerprint density at radius 3 is 2.93 bits per heavy atom. The zero-order chi connectivity index (χ0) is 10.8. The molecule has 4 nitrogen and oxygen atoms in total. The van der Waals surface area contributed by atoms with Crippen molar-refractivity contribution in [2.24, 2.45) is 0 Å². The number of halogens is 1. The first kappa shape index (κ1) is 10.0. The zero-order valence-electron chi connectivity index (χ0n) is 7.90. The molecule has 1 heterocycles. The molecule has 15 heavy (non-hydrogen) atoms. The summed E-state index contributed by atoms with van der Waals surface area (Å²) in [6.45, 7) is 0. The van der Waals surface area contributed by atoms with Gasteiger partial charge in [-0.15, -0.1) is 10.2 Å². The summed E-state index contributed by atoms with van der Waals surface area (Å²) >= 11 is 3.36. The number of fused-ring (bicyclic) bond motifs is 1. The average molecular weight is 267 g/mol. The maximum Gasteiger partial charge on any atom is 0.358 e. The number of carbonyl (C=O) groups excluding carboxylic acids is 1. The molecule has 0 bridgehead atoms. The predicted molar refractivity (Wildman–Crippen MR) is 58.6 cm³/mol. The van der Waals surface area contributed by atoms with E-state index in [4.69, 9.17) is 0 Å². The van der Waals surface area contributed by atoms with Gasteiger partial charge in [0.25, 0.3) is 0 Å². The Bertz CT molecular complexity index is 528. The number of benzene rings is 1. The third kappa shape index (κ3) is 1.83. The van der Waals surface area contributed by atoms with Crippen molar-refractivity contribution in [1.29, 1.82) is 0 Å². The van der Waals surface area contributed by atoms with Crippen molar-refractivity contribution in [2.45, 2.75) is 0 Å². The minimum absolute atomic E-state index is 0.211. The number of nitrogens with zero attached hydrogens (tertiary/aromatic N) is 2. The standard InChI is InChI=1S/C10H7BrN2O2/c1-15-10(14)8-5-6-3-2-4-7(11)9(6)13-12-8/h2-5H,1H3. The number of esters is 1. The van der Waals surface area contributed by atoms with Crippen molar-refractivity contribution < 1.29 is 9.53 Å². The van der Waals surface area contributed by atoms with Crippen molar-refractivity contribution in [2.75, 3.05) is 7.11 Å². The van der Waals surface area contributed by atoms with E-state index in [1.807, 2.05) is 18.2 Å². The highest BCUT2D eigenvalue weighted by Crippen LogP contribution is 2.21. The van der Waals surface area contributed by atoms with E-state index in [9.17, 15) is 4.79 Å². The van der Waals surface area contributed by atoms with Gasteiger partial charge in [-0.2, -0.15) is 0 Å². The fourth-order valence-corrected chi connectivity index (χ4v) is 1.70. The van der Waals surface area contributed by atoms with Gasteiger partial charge in [-0.1, -0.05) is 12.1 Å². The molecule has 2 aromatic rings. The van der Waals surface area contributed by atoms with E-state index in [2.05, 4.69) is 30.9 Å². The normalized spacial score (nSPS) is 10.3. The van der Waals surface area contributed by atoms with Crippen LogP contribution in [0.4, 0.5) is 0 Å². The van der Waals surface area contributed by atoms with Gasteiger partial charge in [0.2, 0.25) is 0 Å². The summed E-state index contributed by atoms with van der Waals surface area (Å²) in [5.41, 5.74) is 0.938. The Morgan fingerprint density at radius 1 is 1.40 bits per heavy atom. The molecule has 0 unspecified atom stereocenters.